The third kappa shape index (κ3) is 4.33. The number of methoxy groups -OCH3 is 1. The van der Waals surface area contributed by atoms with Crippen LogP contribution in [0.15, 0.2) is 42.5 Å². The van der Waals surface area contributed by atoms with Crippen LogP contribution in [0.2, 0.25) is 0 Å². The number of carbonyl (C=O) groups excluding carboxylic acids is 2. The highest BCUT2D eigenvalue weighted by atomic mass is 32.1. The highest BCUT2D eigenvalue weighted by Gasteiger charge is 2.51. The molecule has 178 valence electrons. The number of esters is 1. The Hall–Kier alpha value is -2.81. The summed E-state index contributed by atoms with van der Waals surface area (Å²) in [5.41, 5.74) is 1.86. The molecule has 0 radical (unpaired) electrons. The molecule has 3 heterocycles. The van der Waals surface area contributed by atoms with E-state index in [0.717, 1.165) is 62.0 Å². The predicted molar refractivity (Wildman–Crippen MR) is 132 cm³/mol. The second-order valence-corrected chi connectivity index (χ2v) is 10.3. The average molecular weight is 480 g/mol. The third-order valence-corrected chi connectivity index (χ3v) is 8.16. The summed E-state index contributed by atoms with van der Waals surface area (Å²) in [6.07, 6.45) is 3.55. The molecule has 1 saturated carbocycles. The first-order valence-corrected chi connectivity index (χ1v) is 12.6. The van der Waals surface area contributed by atoms with Crippen LogP contribution in [0, 0.1) is 5.92 Å². The van der Waals surface area contributed by atoms with E-state index in [1.807, 2.05) is 42.5 Å². The fourth-order valence-corrected chi connectivity index (χ4v) is 5.85. The lowest BCUT2D eigenvalue weighted by Gasteiger charge is -2.30. The van der Waals surface area contributed by atoms with Crippen molar-refractivity contribution in [3.63, 3.8) is 0 Å². The number of anilines is 1. The molecule has 2 fully saturated rings. The van der Waals surface area contributed by atoms with Crippen LogP contribution in [-0.2, 0) is 21.5 Å². The van der Waals surface area contributed by atoms with Gasteiger partial charge < -0.3 is 15.2 Å². The molecule has 2 aromatic heterocycles. The first-order chi connectivity index (χ1) is 16.5. The van der Waals surface area contributed by atoms with Gasteiger partial charge in [-0.1, -0.05) is 30.3 Å². The molecule has 0 spiro atoms. The molecule has 0 atom stereocenters. The Labute approximate surface area is 202 Å². The Morgan fingerprint density at radius 1 is 1.18 bits per heavy atom. The van der Waals surface area contributed by atoms with Gasteiger partial charge in [0.1, 0.15) is 9.71 Å². The number of carbonyl (C=O) groups is 2. The number of thiophene rings is 1. The molecule has 8 heteroatoms. The van der Waals surface area contributed by atoms with Gasteiger partial charge in [0.2, 0.25) is 5.91 Å². The Morgan fingerprint density at radius 3 is 2.56 bits per heavy atom. The number of ether oxygens (including phenoxy) is 1. The fraction of sp³-hybridized carbons (Fsp3) is 0.423. The molecule has 2 N–H and O–H groups in total. The van der Waals surface area contributed by atoms with E-state index in [1.54, 1.807) is 0 Å². The summed E-state index contributed by atoms with van der Waals surface area (Å²) in [6, 6.07) is 13.7. The summed E-state index contributed by atoms with van der Waals surface area (Å²) < 4.78 is 5.01. The Bertz CT molecular complexity index is 1200. The van der Waals surface area contributed by atoms with Gasteiger partial charge in [-0.05, 0) is 62.4 Å². The minimum absolute atomic E-state index is 0.0978. The molecule has 34 heavy (non-hydrogen) atoms. The van der Waals surface area contributed by atoms with Gasteiger partial charge in [-0.2, -0.15) is 0 Å². The first kappa shape index (κ1) is 23.0. The molecule has 2 aliphatic rings. The molecule has 1 aromatic carbocycles. The summed E-state index contributed by atoms with van der Waals surface area (Å²) in [5.74, 6) is -0.182. The molecular formula is C26H29N3O4S. The van der Waals surface area contributed by atoms with E-state index in [0.29, 0.717) is 21.3 Å². The number of aromatic nitrogens is 1. The van der Waals surface area contributed by atoms with Gasteiger partial charge in [-0.25, -0.2) is 9.78 Å². The zero-order valence-corrected chi connectivity index (χ0v) is 20.1. The van der Waals surface area contributed by atoms with Crippen molar-refractivity contribution in [1.82, 2.24) is 9.88 Å². The van der Waals surface area contributed by atoms with Crippen molar-refractivity contribution in [2.45, 2.75) is 37.6 Å². The molecule has 1 saturated heterocycles. The maximum atomic E-state index is 13.4. The van der Waals surface area contributed by atoms with E-state index in [1.165, 1.54) is 18.4 Å². The van der Waals surface area contributed by atoms with E-state index < -0.39 is 11.4 Å². The number of rotatable bonds is 7. The number of hydrogen-bond donors (Lipinski definition) is 2. The largest absolute Gasteiger partial charge is 0.465 e. The number of aliphatic hydroxyl groups is 1. The normalized spacial score (nSPS) is 18.1. The van der Waals surface area contributed by atoms with Crippen molar-refractivity contribution in [1.29, 1.82) is 0 Å². The standard InChI is InChI=1S/C26H29N3O4S/c1-33-24(31)22-21(28-25(32)26(11-12-26)18-5-3-2-4-6-18)20-8-7-19(27-23(20)34-22)15-29-13-9-17(16-30)10-14-29/h2-8,17,30H,9-16H2,1H3,(H,28,32). The van der Waals surface area contributed by atoms with Crippen LogP contribution in [0.5, 0.6) is 0 Å². The number of nitrogens with one attached hydrogen (secondary N) is 1. The second kappa shape index (κ2) is 9.44. The predicted octanol–water partition coefficient (Wildman–Crippen LogP) is 3.96. The van der Waals surface area contributed by atoms with Gasteiger partial charge in [0.25, 0.3) is 0 Å². The monoisotopic (exact) mass is 479 g/mol. The number of amides is 1. The minimum atomic E-state index is -0.545. The Kier molecular flexibility index (Phi) is 6.38. The van der Waals surface area contributed by atoms with Gasteiger partial charge in [-0.15, -0.1) is 11.3 Å². The number of hydrogen-bond acceptors (Lipinski definition) is 7. The van der Waals surface area contributed by atoms with E-state index >= 15 is 0 Å². The van der Waals surface area contributed by atoms with Crippen LogP contribution in [0.4, 0.5) is 5.69 Å². The van der Waals surface area contributed by atoms with Crippen molar-refractivity contribution >= 4 is 39.1 Å². The third-order valence-electron chi connectivity index (χ3n) is 7.08. The molecule has 1 aliphatic heterocycles. The van der Waals surface area contributed by atoms with Crippen molar-refractivity contribution in [2.24, 2.45) is 5.92 Å². The van der Waals surface area contributed by atoms with Crippen LogP contribution in [-0.4, -0.2) is 53.7 Å². The lowest BCUT2D eigenvalue weighted by molar-refractivity contribution is -0.118. The van der Waals surface area contributed by atoms with Crippen LogP contribution < -0.4 is 5.32 Å². The van der Waals surface area contributed by atoms with E-state index in [4.69, 9.17) is 9.72 Å². The first-order valence-electron chi connectivity index (χ1n) is 11.7. The summed E-state index contributed by atoms with van der Waals surface area (Å²) in [6.45, 7) is 2.85. The van der Waals surface area contributed by atoms with Gasteiger partial charge in [0.05, 0.1) is 23.9 Å². The summed E-state index contributed by atoms with van der Waals surface area (Å²) in [4.78, 5) is 34.2. The highest BCUT2D eigenvalue weighted by molar-refractivity contribution is 7.21. The van der Waals surface area contributed by atoms with E-state index in [9.17, 15) is 14.7 Å². The molecule has 0 bridgehead atoms. The smallest absolute Gasteiger partial charge is 0.350 e. The minimum Gasteiger partial charge on any atom is -0.465 e. The fourth-order valence-electron chi connectivity index (χ4n) is 4.78. The zero-order chi connectivity index (χ0) is 23.7. The summed E-state index contributed by atoms with van der Waals surface area (Å²) in [5, 5.41) is 13.2. The highest BCUT2D eigenvalue weighted by Crippen LogP contribution is 2.49. The number of pyridine rings is 1. The lowest BCUT2D eigenvalue weighted by Crippen LogP contribution is -2.34. The maximum absolute atomic E-state index is 13.4. The molecule has 0 unspecified atom stereocenters. The number of piperidine rings is 1. The Balaban J connectivity index is 1.41. The van der Waals surface area contributed by atoms with Crippen LogP contribution in [0.25, 0.3) is 10.2 Å². The van der Waals surface area contributed by atoms with Crippen LogP contribution >= 0.6 is 11.3 Å². The molecule has 5 rings (SSSR count). The van der Waals surface area contributed by atoms with Crippen LogP contribution in [0.1, 0.15) is 46.6 Å². The van der Waals surface area contributed by atoms with Crippen LogP contribution in [0.3, 0.4) is 0 Å². The SMILES string of the molecule is COC(=O)c1sc2nc(CN3CCC(CO)CC3)ccc2c1NC(=O)C1(c2ccccc2)CC1. The quantitative estimate of drug-likeness (QED) is 0.499. The number of benzene rings is 1. The van der Waals surface area contributed by atoms with Gasteiger partial charge in [-0.3, -0.25) is 9.69 Å². The zero-order valence-electron chi connectivity index (χ0n) is 19.3. The van der Waals surface area contributed by atoms with Gasteiger partial charge in [0.15, 0.2) is 0 Å². The molecule has 1 amide bonds. The van der Waals surface area contributed by atoms with Gasteiger partial charge in [0, 0.05) is 18.5 Å². The van der Waals surface area contributed by atoms with Crippen molar-refractivity contribution in [2.75, 3.05) is 32.1 Å². The number of nitrogens with zero attached hydrogens (tertiary/aromatic N) is 2. The Morgan fingerprint density at radius 2 is 1.91 bits per heavy atom. The average Bonchev–Trinajstić information content (AvgIpc) is 3.62. The molecule has 7 nitrogen and oxygen atoms in total. The summed E-state index contributed by atoms with van der Waals surface area (Å²) >= 11 is 1.25. The maximum Gasteiger partial charge on any atom is 0.350 e. The van der Waals surface area contributed by atoms with E-state index in [-0.39, 0.29) is 12.5 Å². The van der Waals surface area contributed by atoms with E-state index in [2.05, 4.69) is 10.2 Å². The van der Waals surface area contributed by atoms with Crippen molar-refractivity contribution < 1.29 is 19.4 Å². The molecular weight excluding hydrogens is 450 g/mol. The molecule has 1 aliphatic carbocycles. The van der Waals surface area contributed by atoms with Gasteiger partial charge >= 0.3 is 5.97 Å². The second-order valence-electron chi connectivity index (χ2n) is 9.26. The van der Waals surface area contributed by atoms with Crippen molar-refractivity contribution in [3.05, 3.63) is 58.6 Å². The summed E-state index contributed by atoms with van der Waals surface area (Å²) in [7, 11) is 1.35. The number of likely N-dealkylation sites (tertiary alicyclic amines) is 1. The van der Waals surface area contributed by atoms with Crippen molar-refractivity contribution in [3.8, 4) is 0 Å². The topological polar surface area (TPSA) is 91.8 Å². The number of fused-ring (bicyclic) bond motifs is 1. The number of aliphatic hydroxyl groups excluding tert-OH is 1. The molecule has 3 aromatic rings. The lowest BCUT2D eigenvalue weighted by atomic mass is 9.95.